The molecule has 1 aromatic carbocycles. The van der Waals surface area contributed by atoms with E-state index in [-0.39, 0.29) is 11.9 Å². The summed E-state index contributed by atoms with van der Waals surface area (Å²) in [5.41, 5.74) is 6.06. The summed E-state index contributed by atoms with van der Waals surface area (Å²) in [7, 11) is 0. The van der Waals surface area contributed by atoms with Crippen LogP contribution in [0.2, 0.25) is 5.02 Å². The van der Waals surface area contributed by atoms with Crippen LogP contribution in [0.5, 0.6) is 0 Å². The zero-order valence-electron chi connectivity index (χ0n) is 8.26. The normalized spacial score (nSPS) is 12.5. The van der Waals surface area contributed by atoms with Gasteiger partial charge in [-0.2, -0.15) is 0 Å². The quantitative estimate of drug-likeness (QED) is 0.892. The van der Waals surface area contributed by atoms with Gasteiger partial charge in [-0.3, -0.25) is 4.79 Å². The van der Waals surface area contributed by atoms with Gasteiger partial charge in [-0.05, 0) is 24.6 Å². The number of benzene rings is 1. The van der Waals surface area contributed by atoms with Crippen molar-refractivity contribution in [1.82, 2.24) is 5.32 Å². The lowest BCUT2D eigenvalue weighted by Gasteiger charge is -2.11. The molecule has 1 aromatic rings. The van der Waals surface area contributed by atoms with Crippen LogP contribution in [0.15, 0.2) is 22.7 Å². The minimum atomic E-state index is -0.372. The molecular formula is C10H12BrClN2O. The van der Waals surface area contributed by atoms with E-state index in [2.05, 4.69) is 21.2 Å². The average molecular weight is 292 g/mol. The fraction of sp³-hybridized carbons (Fsp3) is 0.300. The molecule has 3 N–H and O–H groups in total. The summed E-state index contributed by atoms with van der Waals surface area (Å²) in [5, 5.41) is 3.65. The van der Waals surface area contributed by atoms with Gasteiger partial charge in [0.1, 0.15) is 0 Å². The van der Waals surface area contributed by atoms with Crippen LogP contribution in [-0.4, -0.2) is 11.9 Å². The first-order valence-electron chi connectivity index (χ1n) is 4.47. The van der Waals surface area contributed by atoms with E-state index in [4.69, 9.17) is 17.3 Å². The first-order valence-corrected chi connectivity index (χ1v) is 5.64. The fourth-order valence-corrected chi connectivity index (χ4v) is 1.77. The van der Waals surface area contributed by atoms with Crippen molar-refractivity contribution in [3.8, 4) is 0 Å². The van der Waals surface area contributed by atoms with Gasteiger partial charge in [-0.15, -0.1) is 0 Å². The van der Waals surface area contributed by atoms with Gasteiger partial charge in [-0.1, -0.05) is 33.6 Å². The van der Waals surface area contributed by atoms with E-state index in [1.165, 1.54) is 0 Å². The first-order chi connectivity index (χ1) is 7.00. The average Bonchev–Trinajstić information content (AvgIpc) is 2.15. The number of amides is 1. The van der Waals surface area contributed by atoms with Gasteiger partial charge in [0, 0.05) is 16.0 Å². The lowest BCUT2D eigenvalue weighted by atomic mass is 10.2. The van der Waals surface area contributed by atoms with Crippen LogP contribution in [0.25, 0.3) is 0 Å². The summed E-state index contributed by atoms with van der Waals surface area (Å²) in [6, 6.07) is 5.25. The van der Waals surface area contributed by atoms with Crippen molar-refractivity contribution < 1.29 is 4.79 Å². The SMILES string of the molecule is CC(NCc1ccc(Br)cc1Cl)C(N)=O. The Kier molecular flexibility index (Phi) is 4.57. The second kappa shape index (κ2) is 5.49. The lowest BCUT2D eigenvalue weighted by Crippen LogP contribution is -2.38. The van der Waals surface area contributed by atoms with Crippen LogP contribution in [0.3, 0.4) is 0 Å². The fourth-order valence-electron chi connectivity index (χ4n) is 1.03. The molecule has 0 heterocycles. The van der Waals surface area contributed by atoms with Crippen LogP contribution >= 0.6 is 27.5 Å². The number of primary amides is 1. The van der Waals surface area contributed by atoms with Gasteiger partial charge in [0.15, 0.2) is 0 Å². The zero-order chi connectivity index (χ0) is 11.4. The van der Waals surface area contributed by atoms with Gasteiger partial charge in [-0.25, -0.2) is 0 Å². The zero-order valence-corrected chi connectivity index (χ0v) is 10.6. The second-order valence-electron chi connectivity index (χ2n) is 3.24. The van der Waals surface area contributed by atoms with Crippen molar-refractivity contribution in [2.75, 3.05) is 0 Å². The highest BCUT2D eigenvalue weighted by Gasteiger charge is 2.08. The number of rotatable bonds is 4. The predicted molar refractivity (Wildman–Crippen MR) is 64.6 cm³/mol. The molecule has 1 rings (SSSR count). The third-order valence-electron chi connectivity index (χ3n) is 2.04. The van der Waals surface area contributed by atoms with Crippen LogP contribution < -0.4 is 11.1 Å². The molecule has 1 atom stereocenters. The number of carbonyl (C=O) groups excluding carboxylic acids is 1. The molecule has 0 aromatic heterocycles. The second-order valence-corrected chi connectivity index (χ2v) is 4.56. The van der Waals surface area contributed by atoms with Crippen molar-refractivity contribution in [2.24, 2.45) is 5.73 Å². The maximum Gasteiger partial charge on any atom is 0.234 e. The first kappa shape index (κ1) is 12.5. The van der Waals surface area contributed by atoms with Gasteiger partial charge >= 0.3 is 0 Å². The van der Waals surface area contributed by atoms with Gasteiger partial charge in [0.25, 0.3) is 0 Å². The molecule has 0 saturated heterocycles. The number of halogens is 2. The minimum Gasteiger partial charge on any atom is -0.368 e. The summed E-state index contributed by atoms with van der Waals surface area (Å²) in [5.74, 6) is -0.372. The Morgan fingerprint density at radius 3 is 2.87 bits per heavy atom. The highest BCUT2D eigenvalue weighted by molar-refractivity contribution is 9.10. The number of hydrogen-bond donors (Lipinski definition) is 2. The molecule has 15 heavy (non-hydrogen) atoms. The van der Waals surface area contributed by atoms with Crippen LogP contribution in [0, 0.1) is 0 Å². The van der Waals surface area contributed by atoms with Crippen LogP contribution in [-0.2, 0) is 11.3 Å². The third kappa shape index (κ3) is 3.81. The number of carbonyl (C=O) groups is 1. The smallest absolute Gasteiger partial charge is 0.234 e. The Hall–Kier alpha value is -0.580. The molecule has 0 saturated carbocycles. The Morgan fingerprint density at radius 2 is 2.33 bits per heavy atom. The van der Waals surface area contributed by atoms with Crippen molar-refractivity contribution >= 4 is 33.4 Å². The summed E-state index contributed by atoms with van der Waals surface area (Å²) >= 11 is 9.33. The Bertz CT molecular complexity index is 370. The highest BCUT2D eigenvalue weighted by atomic mass is 79.9. The van der Waals surface area contributed by atoms with Crippen molar-refractivity contribution in [3.05, 3.63) is 33.3 Å². The molecule has 0 radical (unpaired) electrons. The van der Waals surface area contributed by atoms with Crippen molar-refractivity contribution in [2.45, 2.75) is 19.5 Å². The number of hydrogen-bond acceptors (Lipinski definition) is 2. The van der Waals surface area contributed by atoms with E-state index in [0.717, 1.165) is 10.0 Å². The lowest BCUT2D eigenvalue weighted by molar-refractivity contribution is -0.119. The summed E-state index contributed by atoms with van der Waals surface area (Å²) in [4.78, 5) is 10.8. The van der Waals surface area contributed by atoms with E-state index in [1.54, 1.807) is 6.92 Å². The van der Waals surface area contributed by atoms with Crippen LogP contribution in [0.1, 0.15) is 12.5 Å². The third-order valence-corrected chi connectivity index (χ3v) is 2.89. The maximum atomic E-state index is 10.8. The van der Waals surface area contributed by atoms with E-state index < -0.39 is 0 Å². The molecule has 1 unspecified atom stereocenters. The van der Waals surface area contributed by atoms with E-state index in [9.17, 15) is 4.79 Å². The van der Waals surface area contributed by atoms with Gasteiger partial charge in [0.05, 0.1) is 6.04 Å². The predicted octanol–water partition coefficient (Wildman–Crippen LogP) is 2.07. The van der Waals surface area contributed by atoms with E-state index >= 15 is 0 Å². The summed E-state index contributed by atoms with van der Waals surface area (Å²) < 4.78 is 0.930. The molecule has 1 amide bonds. The topological polar surface area (TPSA) is 55.1 Å². The summed E-state index contributed by atoms with van der Waals surface area (Å²) in [6.07, 6.45) is 0. The number of nitrogens with two attached hydrogens (primary N) is 1. The van der Waals surface area contributed by atoms with E-state index in [0.29, 0.717) is 11.6 Å². The summed E-state index contributed by atoms with van der Waals surface area (Å²) in [6.45, 7) is 2.24. The standard InChI is InChI=1S/C10H12BrClN2O/c1-6(10(13)15)14-5-7-2-3-8(11)4-9(7)12/h2-4,6,14H,5H2,1H3,(H2,13,15). The Morgan fingerprint density at radius 1 is 1.67 bits per heavy atom. The molecule has 82 valence electrons. The van der Waals surface area contributed by atoms with Gasteiger partial charge < -0.3 is 11.1 Å². The molecular weight excluding hydrogens is 279 g/mol. The maximum absolute atomic E-state index is 10.8. The Balaban J connectivity index is 2.62. The van der Waals surface area contributed by atoms with Crippen molar-refractivity contribution in [1.29, 1.82) is 0 Å². The van der Waals surface area contributed by atoms with E-state index in [1.807, 2.05) is 18.2 Å². The Labute approximate surface area is 102 Å². The van der Waals surface area contributed by atoms with Crippen molar-refractivity contribution in [3.63, 3.8) is 0 Å². The largest absolute Gasteiger partial charge is 0.368 e. The molecule has 0 fully saturated rings. The van der Waals surface area contributed by atoms with Crippen LogP contribution in [0.4, 0.5) is 0 Å². The molecule has 5 heteroatoms. The minimum absolute atomic E-state index is 0.357. The highest BCUT2D eigenvalue weighted by Crippen LogP contribution is 2.21. The van der Waals surface area contributed by atoms with Gasteiger partial charge in [0.2, 0.25) is 5.91 Å². The monoisotopic (exact) mass is 290 g/mol. The molecule has 0 aliphatic heterocycles. The molecule has 0 spiro atoms. The molecule has 0 bridgehead atoms. The molecule has 0 aliphatic carbocycles. The molecule has 0 aliphatic rings. The number of nitrogens with one attached hydrogen (secondary N) is 1. The molecule has 3 nitrogen and oxygen atoms in total.